The summed E-state index contributed by atoms with van der Waals surface area (Å²) in [7, 11) is 1.77. The first-order chi connectivity index (χ1) is 14.3. The summed E-state index contributed by atoms with van der Waals surface area (Å²) in [6.45, 7) is 4.25. The molecule has 0 bridgehead atoms. The number of rotatable bonds is 7. The summed E-state index contributed by atoms with van der Waals surface area (Å²) in [5.41, 5.74) is 1.60. The number of hydrogen-bond acceptors (Lipinski definition) is 3. The van der Waals surface area contributed by atoms with Crippen LogP contribution in [0.5, 0.6) is 0 Å². The summed E-state index contributed by atoms with van der Waals surface area (Å²) >= 11 is 1.53. The Balaban J connectivity index is 1.87. The second-order valence-electron chi connectivity index (χ2n) is 7.62. The predicted molar refractivity (Wildman–Crippen MR) is 118 cm³/mol. The largest absolute Gasteiger partial charge is 0.481 e. The van der Waals surface area contributed by atoms with Crippen molar-refractivity contribution in [2.75, 3.05) is 13.6 Å². The number of benzene rings is 1. The SMILES string of the molecule is CCN(C)C(=O)c1ccc(-c2ccc([C@@H](C3C=CC=C(F)C3)[C@@H](C)C(=O)O)s2)cc1. The summed E-state index contributed by atoms with van der Waals surface area (Å²) in [4.78, 5) is 27.6. The zero-order chi connectivity index (χ0) is 21.8. The number of carbonyl (C=O) groups excluding carboxylic acids is 1. The third kappa shape index (κ3) is 4.70. The molecule has 1 N–H and O–H groups in total. The van der Waals surface area contributed by atoms with Gasteiger partial charge in [-0.25, -0.2) is 4.39 Å². The Labute approximate surface area is 180 Å². The van der Waals surface area contributed by atoms with Gasteiger partial charge in [0.2, 0.25) is 0 Å². The molecule has 1 heterocycles. The number of amides is 1. The number of carbonyl (C=O) groups is 2. The Morgan fingerprint density at radius 3 is 2.53 bits per heavy atom. The van der Waals surface area contributed by atoms with Gasteiger partial charge in [-0.05, 0) is 48.7 Å². The van der Waals surface area contributed by atoms with Crippen LogP contribution >= 0.6 is 11.3 Å². The molecule has 1 unspecified atom stereocenters. The van der Waals surface area contributed by atoms with Crippen LogP contribution in [0.1, 0.15) is 41.4 Å². The fourth-order valence-electron chi connectivity index (χ4n) is 3.72. The third-order valence-corrected chi connectivity index (χ3v) is 6.88. The van der Waals surface area contributed by atoms with E-state index in [2.05, 4.69) is 0 Å². The summed E-state index contributed by atoms with van der Waals surface area (Å²) in [6, 6.07) is 11.3. The molecule has 0 saturated heterocycles. The maximum atomic E-state index is 13.9. The maximum absolute atomic E-state index is 13.9. The zero-order valence-corrected chi connectivity index (χ0v) is 18.2. The highest BCUT2D eigenvalue weighted by molar-refractivity contribution is 7.15. The first-order valence-corrected chi connectivity index (χ1v) is 10.8. The van der Waals surface area contributed by atoms with Gasteiger partial charge in [0.15, 0.2) is 0 Å². The monoisotopic (exact) mass is 427 g/mol. The number of nitrogens with zero attached hydrogens (tertiary/aromatic N) is 1. The number of halogens is 1. The highest BCUT2D eigenvalue weighted by atomic mass is 32.1. The summed E-state index contributed by atoms with van der Waals surface area (Å²) < 4.78 is 13.9. The van der Waals surface area contributed by atoms with E-state index >= 15 is 0 Å². The van der Waals surface area contributed by atoms with Crippen LogP contribution in [0.2, 0.25) is 0 Å². The second-order valence-corrected chi connectivity index (χ2v) is 8.73. The molecule has 1 amide bonds. The van der Waals surface area contributed by atoms with Gasteiger partial charge in [0, 0.05) is 41.2 Å². The Bertz CT molecular complexity index is 977. The Morgan fingerprint density at radius 2 is 1.93 bits per heavy atom. The highest BCUT2D eigenvalue weighted by Crippen LogP contribution is 2.43. The van der Waals surface area contributed by atoms with Gasteiger partial charge in [-0.1, -0.05) is 31.2 Å². The Morgan fingerprint density at radius 1 is 1.23 bits per heavy atom. The van der Waals surface area contributed by atoms with Crippen molar-refractivity contribution in [3.8, 4) is 10.4 Å². The molecule has 1 aliphatic carbocycles. The van der Waals surface area contributed by atoms with Gasteiger partial charge in [-0.15, -0.1) is 11.3 Å². The number of carboxylic acids is 1. The van der Waals surface area contributed by atoms with Crippen molar-refractivity contribution in [3.05, 3.63) is 70.9 Å². The first-order valence-electron chi connectivity index (χ1n) is 10.0. The molecular formula is C24H26FNO3S. The van der Waals surface area contributed by atoms with Crippen molar-refractivity contribution in [1.29, 1.82) is 0 Å². The quantitative estimate of drug-likeness (QED) is 0.613. The van der Waals surface area contributed by atoms with Gasteiger partial charge in [0.1, 0.15) is 5.83 Å². The average molecular weight is 428 g/mol. The molecule has 1 aromatic carbocycles. The highest BCUT2D eigenvalue weighted by Gasteiger charge is 2.33. The van der Waals surface area contributed by atoms with Crippen LogP contribution in [0.3, 0.4) is 0 Å². The molecule has 1 aromatic heterocycles. The van der Waals surface area contributed by atoms with E-state index in [0.717, 1.165) is 15.3 Å². The lowest BCUT2D eigenvalue weighted by Gasteiger charge is -2.28. The predicted octanol–water partition coefficient (Wildman–Crippen LogP) is 5.74. The lowest BCUT2D eigenvalue weighted by Crippen LogP contribution is -2.26. The number of allylic oxidation sites excluding steroid dienone is 4. The van der Waals surface area contributed by atoms with Crippen LogP contribution in [-0.4, -0.2) is 35.5 Å². The van der Waals surface area contributed by atoms with Gasteiger partial charge in [0.25, 0.3) is 5.91 Å². The molecule has 4 nitrogen and oxygen atoms in total. The Kier molecular flexibility index (Phi) is 6.87. The van der Waals surface area contributed by atoms with E-state index in [0.29, 0.717) is 12.1 Å². The van der Waals surface area contributed by atoms with E-state index in [-0.39, 0.29) is 30.0 Å². The van der Waals surface area contributed by atoms with Gasteiger partial charge in [-0.3, -0.25) is 9.59 Å². The lowest BCUT2D eigenvalue weighted by atomic mass is 9.78. The summed E-state index contributed by atoms with van der Waals surface area (Å²) in [5, 5.41) is 9.62. The van der Waals surface area contributed by atoms with Gasteiger partial charge < -0.3 is 10.0 Å². The van der Waals surface area contributed by atoms with Gasteiger partial charge >= 0.3 is 5.97 Å². The first kappa shape index (κ1) is 22.0. The van der Waals surface area contributed by atoms with E-state index in [9.17, 15) is 19.1 Å². The molecule has 3 rings (SSSR count). The van der Waals surface area contributed by atoms with Crippen LogP contribution in [0.25, 0.3) is 10.4 Å². The molecule has 0 radical (unpaired) electrons. The lowest BCUT2D eigenvalue weighted by molar-refractivity contribution is -0.142. The zero-order valence-electron chi connectivity index (χ0n) is 17.3. The van der Waals surface area contributed by atoms with Crippen LogP contribution in [0.4, 0.5) is 4.39 Å². The van der Waals surface area contributed by atoms with E-state index in [1.54, 1.807) is 24.9 Å². The molecule has 2 aromatic rings. The van der Waals surface area contributed by atoms with Gasteiger partial charge in [0.05, 0.1) is 5.92 Å². The molecule has 1 aliphatic rings. The molecular weight excluding hydrogens is 401 g/mol. The number of thiophene rings is 1. The molecule has 6 heteroatoms. The van der Waals surface area contributed by atoms with Crippen molar-refractivity contribution < 1.29 is 19.1 Å². The minimum absolute atomic E-state index is 0.0227. The van der Waals surface area contributed by atoms with Crippen molar-refractivity contribution >= 4 is 23.2 Å². The fourth-order valence-corrected chi connectivity index (χ4v) is 5.02. The average Bonchev–Trinajstić information content (AvgIpc) is 3.22. The topological polar surface area (TPSA) is 57.6 Å². The second kappa shape index (κ2) is 9.39. The molecule has 0 spiro atoms. The summed E-state index contributed by atoms with van der Waals surface area (Å²) in [5.74, 6) is -2.28. The van der Waals surface area contributed by atoms with Crippen molar-refractivity contribution in [2.24, 2.45) is 11.8 Å². The summed E-state index contributed by atoms with van der Waals surface area (Å²) in [6.07, 6.45) is 5.21. The van der Waals surface area contributed by atoms with Gasteiger partial charge in [-0.2, -0.15) is 0 Å². The van der Waals surface area contributed by atoms with E-state index in [1.807, 2.05) is 49.4 Å². The van der Waals surface area contributed by atoms with Crippen LogP contribution in [0.15, 0.2) is 60.5 Å². The standard InChI is InChI=1S/C24H26FNO3S/c1-4-26(3)23(27)17-10-8-16(9-11-17)20-12-13-21(30-20)22(15(2)24(28)29)18-6-5-7-19(25)14-18/h5-13,15,18,22H,4,14H2,1-3H3,(H,28,29)/t15-,18?,22-/m1/s1. The van der Waals surface area contributed by atoms with Crippen molar-refractivity contribution in [2.45, 2.75) is 26.2 Å². The van der Waals surface area contributed by atoms with Crippen LogP contribution < -0.4 is 0 Å². The normalized spacial score (nSPS) is 17.9. The molecule has 0 fully saturated rings. The minimum Gasteiger partial charge on any atom is -0.481 e. The van der Waals surface area contributed by atoms with Crippen molar-refractivity contribution in [1.82, 2.24) is 4.90 Å². The molecule has 0 aliphatic heterocycles. The third-order valence-electron chi connectivity index (χ3n) is 5.65. The fraction of sp³-hybridized carbons (Fsp3) is 0.333. The van der Waals surface area contributed by atoms with Crippen LogP contribution in [0, 0.1) is 11.8 Å². The molecule has 158 valence electrons. The van der Waals surface area contributed by atoms with E-state index in [1.165, 1.54) is 17.4 Å². The Hall–Kier alpha value is -2.73. The van der Waals surface area contributed by atoms with Crippen LogP contribution in [-0.2, 0) is 4.79 Å². The molecule has 30 heavy (non-hydrogen) atoms. The smallest absolute Gasteiger partial charge is 0.306 e. The maximum Gasteiger partial charge on any atom is 0.306 e. The van der Waals surface area contributed by atoms with E-state index in [4.69, 9.17) is 0 Å². The minimum atomic E-state index is -0.888. The number of carboxylic acid groups (broad SMARTS) is 1. The number of hydrogen-bond donors (Lipinski definition) is 1. The number of aliphatic carboxylic acids is 1. The molecule has 0 saturated carbocycles. The van der Waals surface area contributed by atoms with Crippen molar-refractivity contribution in [3.63, 3.8) is 0 Å². The van der Waals surface area contributed by atoms with E-state index < -0.39 is 11.9 Å². The molecule has 3 atom stereocenters.